The van der Waals surface area contributed by atoms with Gasteiger partial charge in [-0.05, 0) is 26.3 Å². The predicted molar refractivity (Wildman–Crippen MR) is 74.9 cm³/mol. The number of nitrogens with two attached hydrogens (primary N) is 1. The Morgan fingerprint density at radius 2 is 2.12 bits per heavy atom. The highest BCUT2D eigenvalue weighted by molar-refractivity contribution is 7.80. The standard InChI is InChI=1S/C11H13N3OS2/c1-5-6(2)17-10-9(5)11(15)14(4-8(12)16)7(3)13-10/h4H2,1-3H3,(H2,12,16). The van der Waals surface area contributed by atoms with E-state index in [0.29, 0.717) is 16.2 Å². The van der Waals surface area contributed by atoms with Crippen molar-refractivity contribution in [1.82, 2.24) is 9.55 Å². The fourth-order valence-corrected chi connectivity index (χ4v) is 2.97. The summed E-state index contributed by atoms with van der Waals surface area (Å²) in [6.07, 6.45) is 0. The van der Waals surface area contributed by atoms with Crippen molar-refractivity contribution in [3.8, 4) is 0 Å². The number of hydrogen-bond acceptors (Lipinski definition) is 4. The molecule has 2 rings (SSSR count). The molecule has 0 aromatic carbocycles. The normalized spacial score (nSPS) is 11.0. The molecule has 2 aromatic heterocycles. The summed E-state index contributed by atoms with van der Waals surface area (Å²) in [5, 5.41) is 0.689. The van der Waals surface area contributed by atoms with Gasteiger partial charge in [0, 0.05) is 4.88 Å². The molecular formula is C11H13N3OS2. The van der Waals surface area contributed by atoms with E-state index in [-0.39, 0.29) is 12.1 Å². The molecule has 6 heteroatoms. The number of aryl methyl sites for hydroxylation is 3. The Hall–Kier alpha value is -1.27. The monoisotopic (exact) mass is 267 g/mol. The van der Waals surface area contributed by atoms with Gasteiger partial charge in [0.2, 0.25) is 0 Å². The highest BCUT2D eigenvalue weighted by Crippen LogP contribution is 2.25. The molecule has 17 heavy (non-hydrogen) atoms. The van der Waals surface area contributed by atoms with E-state index in [1.165, 1.54) is 4.57 Å². The molecule has 0 saturated carbocycles. The fraction of sp³-hybridized carbons (Fsp3) is 0.364. The van der Waals surface area contributed by atoms with Crippen LogP contribution < -0.4 is 11.3 Å². The molecule has 2 N–H and O–H groups in total. The van der Waals surface area contributed by atoms with E-state index < -0.39 is 0 Å². The molecule has 90 valence electrons. The zero-order valence-electron chi connectivity index (χ0n) is 9.90. The van der Waals surface area contributed by atoms with Gasteiger partial charge in [-0.1, -0.05) is 12.2 Å². The number of fused-ring (bicyclic) bond motifs is 1. The van der Waals surface area contributed by atoms with Crippen molar-refractivity contribution in [3.05, 3.63) is 26.6 Å². The lowest BCUT2D eigenvalue weighted by molar-refractivity contribution is 0.753. The molecule has 2 aromatic rings. The molecule has 0 bridgehead atoms. The maximum absolute atomic E-state index is 12.3. The van der Waals surface area contributed by atoms with Gasteiger partial charge in [0.15, 0.2) is 0 Å². The van der Waals surface area contributed by atoms with E-state index in [9.17, 15) is 4.79 Å². The number of rotatable bonds is 2. The molecular weight excluding hydrogens is 254 g/mol. The topological polar surface area (TPSA) is 60.9 Å². The van der Waals surface area contributed by atoms with Crippen molar-refractivity contribution in [1.29, 1.82) is 0 Å². The van der Waals surface area contributed by atoms with Crippen LogP contribution in [-0.2, 0) is 6.54 Å². The number of aromatic nitrogens is 2. The number of hydrogen-bond donors (Lipinski definition) is 1. The molecule has 0 fully saturated rings. The SMILES string of the molecule is Cc1sc2nc(C)n(CC(N)=S)c(=O)c2c1C. The Balaban J connectivity index is 2.83. The summed E-state index contributed by atoms with van der Waals surface area (Å²) in [6.45, 7) is 5.98. The maximum atomic E-state index is 12.3. The Kier molecular flexibility index (Phi) is 3.01. The van der Waals surface area contributed by atoms with Crippen LogP contribution in [0.2, 0.25) is 0 Å². The van der Waals surface area contributed by atoms with Crippen molar-refractivity contribution in [3.63, 3.8) is 0 Å². The smallest absolute Gasteiger partial charge is 0.262 e. The van der Waals surface area contributed by atoms with Gasteiger partial charge in [0.1, 0.15) is 10.7 Å². The molecule has 0 aliphatic heterocycles. The van der Waals surface area contributed by atoms with E-state index in [4.69, 9.17) is 18.0 Å². The van der Waals surface area contributed by atoms with Crippen molar-refractivity contribution in [2.75, 3.05) is 0 Å². The van der Waals surface area contributed by atoms with Crippen LogP contribution in [0.3, 0.4) is 0 Å². The molecule has 0 aliphatic carbocycles. The molecule has 0 aliphatic rings. The minimum atomic E-state index is -0.0536. The molecule has 2 heterocycles. The van der Waals surface area contributed by atoms with Gasteiger partial charge < -0.3 is 5.73 Å². The maximum Gasteiger partial charge on any atom is 0.262 e. The lowest BCUT2D eigenvalue weighted by Crippen LogP contribution is -2.29. The van der Waals surface area contributed by atoms with Crippen LogP contribution in [0, 0.1) is 20.8 Å². The molecule has 0 unspecified atom stereocenters. The number of nitrogens with zero attached hydrogens (tertiary/aromatic N) is 2. The van der Waals surface area contributed by atoms with E-state index >= 15 is 0 Å². The van der Waals surface area contributed by atoms with Crippen molar-refractivity contribution in [2.24, 2.45) is 5.73 Å². The molecule has 4 nitrogen and oxygen atoms in total. The van der Waals surface area contributed by atoms with E-state index in [1.807, 2.05) is 13.8 Å². The van der Waals surface area contributed by atoms with Gasteiger partial charge in [0.25, 0.3) is 5.56 Å². The summed E-state index contributed by atoms with van der Waals surface area (Å²) in [5.74, 6) is 0.650. The Bertz CT molecular complexity index is 669. The number of thiocarbonyl (C=S) groups is 1. The predicted octanol–water partition coefficient (Wildman–Crippen LogP) is 1.67. The first-order chi connectivity index (χ1) is 7.91. The van der Waals surface area contributed by atoms with Crippen LogP contribution in [0.5, 0.6) is 0 Å². The van der Waals surface area contributed by atoms with Crippen LogP contribution in [0.1, 0.15) is 16.3 Å². The van der Waals surface area contributed by atoms with Gasteiger partial charge in [-0.3, -0.25) is 9.36 Å². The molecule has 0 atom stereocenters. The lowest BCUT2D eigenvalue weighted by Gasteiger charge is -2.08. The lowest BCUT2D eigenvalue weighted by atomic mass is 10.2. The molecule has 0 saturated heterocycles. The van der Waals surface area contributed by atoms with Crippen molar-refractivity contribution in [2.45, 2.75) is 27.3 Å². The fourth-order valence-electron chi connectivity index (χ4n) is 1.77. The largest absolute Gasteiger partial charge is 0.392 e. The summed E-state index contributed by atoms with van der Waals surface area (Å²) in [4.78, 5) is 19.0. The van der Waals surface area contributed by atoms with Gasteiger partial charge in [-0.2, -0.15) is 0 Å². The Morgan fingerprint density at radius 3 is 2.71 bits per heavy atom. The molecule has 0 amide bonds. The second-order valence-corrected chi connectivity index (χ2v) is 5.71. The number of thiophene rings is 1. The minimum absolute atomic E-state index is 0.0536. The Morgan fingerprint density at radius 1 is 1.47 bits per heavy atom. The van der Waals surface area contributed by atoms with Crippen LogP contribution in [0.25, 0.3) is 10.2 Å². The zero-order chi connectivity index (χ0) is 12.7. The van der Waals surface area contributed by atoms with Gasteiger partial charge >= 0.3 is 0 Å². The third kappa shape index (κ3) is 1.98. The first-order valence-corrected chi connectivity index (χ1v) is 6.39. The van der Waals surface area contributed by atoms with Crippen LogP contribution in [-0.4, -0.2) is 14.5 Å². The van der Waals surface area contributed by atoms with Gasteiger partial charge in [-0.25, -0.2) is 4.98 Å². The minimum Gasteiger partial charge on any atom is -0.392 e. The second kappa shape index (κ2) is 4.19. The average Bonchev–Trinajstić information content (AvgIpc) is 2.49. The summed E-state index contributed by atoms with van der Waals surface area (Å²) >= 11 is 6.40. The van der Waals surface area contributed by atoms with Gasteiger partial charge in [-0.15, -0.1) is 11.3 Å². The van der Waals surface area contributed by atoms with Crippen LogP contribution in [0.4, 0.5) is 0 Å². The first-order valence-electron chi connectivity index (χ1n) is 5.17. The van der Waals surface area contributed by atoms with Crippen LogP contribution in [0.15, 0.2) is 4.79 Å². The first kappa shape index (κ1) is 12.2. The van der Waals surface area contributed by atoms with E-state index in [0.717, 1.165) is 15.3 Å². The van der Waals surface area contributed by atoms with Crippen molar-refractivity contribution >= 4 is 38.8 Å². The highest BCUT2D eigenvalue weighted by atomic mass is 32.1. The summed E-state index contributed by atoms with van der Waals surface area (Å²) in [6, 6.07) is 0. The molecule has 0 spiro atoms. The van der Waals surface area contributed by atoms with Gasteiger partial charge in [0.05, 0.1) is 16.9 Å². The van der Waals surface area contributed by atoms with Crippen molar-refractivity contribution < 1.29 is 0 Å². The highest BCUT2D eigenvalue weighted by Gasteiger charge is 2.14. The quantitative estimate of drug-likeness (QED) is 0.841. The molecule has 0 radical (unpaired) electrons. The average molecular weight is 267 g/mol. The third-order valence-electron chi connectivity index (χ3n) is 2.79. The summed E-state index contributed by atoms with van der Waals surface area (Å²) < 4.78 is 1.53. The second-order valence-electron chi connectivity index (χ2n) is 3.98. The summed E-state index contributed by atoms with van der Waals surface area (Å²) in [7, 11) is 0. The van der Waals surface area contributed by atoms with Crippen LogP contribution >= 0.6 is 23.6 Å². The summed E-state index contributed by atoms with van der Waals surface area (Å²) in [5.41, 5.74) is 6.44. The van der Waals surface area contributed by atoms with E-state index in [2.05, 4.69) is 4.98 Å². The zero-order valence-corrected chi connectivity index (χ0v) is 11.5. The third-order valence-corrected chi connectivity index (χ3v) is 4.02. The van der Waals surface area contributed by atoms with E-state index in [1.54, 1.807) is 18.3 Å². The Labute approximate surface area is 108 Å².